The number of aromatic nitrogens is 3. The van der Waals surface area contributed by atoms with Crippen molar-refractivity contribution in [2.24, 2.45) is 0 Å². The van der Waals surface area contributed by atoms with Gasteiger partial charge in [0.15, 0.2) is 0 Å². The van der Waals surface area contributed by atoms with Crippen LogP contribution in [0.4, 0.5) is 0 Å². The summed E-state index contributed by atoms with van der Waals surface area (Å²) in [6, 6.07) is 0. The molecule has 1 aliphatic heterocycles. The Kier molecular flexibility index (Phi) is 5.09. The maximum atomic E-state index is 11.9. The van der Waals surface area contributed by atoms with Crippen molar-refractivity contribution in [2.75, 3.05) is 19.6 Å². The van der Waals surface area contributed by atoms with Gasteiger partial charge in [-0.1, -0.05) is 6.92 Å². The molecule has 110 valence electrons. The lowest BCUT2D eigenvalue weighted by Gasteiger charge is -2.26. The molecule has 7 heteroatoms. The molecule has 0 aromatic carbocycles. The minimum absolute atomic E-state index is 0.0104. The molecule has 1 aliphatic rings. The summed E-state index contributed by atoms with van der Waals surface area (Å²) in [6.45, 7) is 3.61. The number of amides is 2. The first-order chi connectivity index (χ1) is 9.70. The van der Waals surface area contributed by atoms with Gasteiger partial charge in [-0.3, -0.25) is 14.7 Å². The van der Waals surface area contributed by atoms with Crippen LogP contribution in [0.1, 0.15) is 49.1 Å². The first-order valence-corrected chi connectivity index (χ1v) is 7.18. The largest absolute Gasteiger partial charge is 0.341 e. The number of piperidine rings is 1. The molecular formula is C13H21N5O2. The first-order valence-electron chi connectivity index (χ1n) is 7.18. The number of aromatic amines is 1. The van der Waals surface area contributed by atoms with E-state index < -0.39 is 5.91 Å². The summed E-state index contributed by atoms with van der Waals surface area (Å²) in [4.78, 5) is 29.6. The maximum Gasteiger partial charge on any atom is 0.291 e. The Balaban J connectivity index is 1.80. The highest BCUT2D eigenvalue weighted by Crippen LogP contribution is 2.08. The SMILES string of the molecule is CCCc1nc(C(=O)NCC(=O)N2CCCCC2)n[nH]1. The Bertz CT molecular complexity index is 465. The number of likely N-dealkylation sites (tertiary alicyclic amines) is 1. The third-order valence-electron chi connectivity index (χ3n) is 3.33. The Morgan fingerprint density at radius 2 is 2.05 bits per heavy atom. The lowest BCUT2D eigenvalue weighted by atomic mass is 10.1. The second-order valence-corrected chi connectivity index (χ2v) is 4.98. The number of hydrogen-bond acceptors (Lipinski definition) is 4. The predicted molar refractivity (Wildman–Crippen MR) is 73.1 cm³/mol. The average molecular weight is 279 g/mol. The van der Waals surface area contributed by atoms with Gasteiger partial charge in [0.1, 0.15) is 5.82 Å². The highest BCUT2D eigenvalue weighted by Gasteiger charge is 2.18. The van der Waals surface area contributed by atoms with Gasteiger partial charge < -0.3 is 10.2 Å². The molecule has 2 heterocycles. The molecule has 20 heavy (non-hydrogen) atoms. The summed E-state index contributed by atoms with van der Waals surface area (Å²) >= 11 is 0. The molecule has 0 atom stereocenters. The fraction of sp³-hybridized carbons (Fsp3) is 0.692. The number of aryl methyl sites for hydroxylation is 1. The van der Waals surface area contributed by atoms with Gasteiger partial charge in [0.25, 0.3) is 5.91 Å². The monoisotopic (exact) mass is 279 g/mol. The standard InChI is InChI=1S/C13H21N5O2/c1-2-6-10-15-12(17-16-10)13(20)14-9-11(19)18-7-4-3-5-8-18/h2-9H2,1H3,(H,14,20)(H,15,16,17). The third-order valence-corrected chi connectivity index (χ3v) is 3.33. The maximum absolute atomic E-state index is 11.9. The van der Waals surface area contributed by atoms with Crippen molar-refractivity contribution >= 4 is 11.8 Å². The van der Waals surface area contributed by atoms with Crippen molar-refractivity contribution in [2.45, 2.75) is 39.0 Å². The van der Waals surface area contributed by atoms with E-state index in [1.165, 1.54) is 6.42 Å². The minimum atomic E-state index is -0.408. The predicted octanol–water partition coefficient (Wildman–Crippen LogP) is 0.500. The summed E-state index contributed by atoms with van der Waals surface area (Å²) in [5.41, 5.74) is 0. The van der Waals surface area contributed by atoms with Crippen molar-refractivity contribution in [1.29, 1.82) is 0 Å². The molecule has 1 aromatic rings. The Morgan fingerprint density at radius 1 is 1.30 bits per heavy atom. The van der Waals surface area contributed by atoms with Gasteiger partial charge in [0, 0.05) is 19.5 Å². The zero-order chi connectivity index (χ0) is 14.4. The molecule has 2 rings (SSSR count). The van der Waals surface area contributed by atoms with Gasteiger partial charge in [-0.25, -0.2) is 4.98 Å². The van der Waals surface area contributed by atoms with Crippen LogP contribution in [0, 0.1) is 0 Å². The van der Waals surface area contributed by atoms with Crippen molar-refractivity contribution in [3.8, 4) is 0 Å². The number of carbonyl (C=O) groups is 2. The highest BCUT2D eigenvalue weighted by atomic mass is 16.2. The van der Waals surface area contributed by atoms with Crippen molar-refractivity contribution in [1.82, 2.24) is 25.4 Å². The van der Waals surface area contributed by atoms with E-state index in [-0.39, 0.29) is 18.3 Å². The Hall–Kier alpha value is -1.92. The van der Waals surface area contributed by atoms with Crippen molar-refractivity contribution < 1.29 is 9.59 Å². The first kappa shape index (κ1) is 14.5. The van der Waals surface area contributed by atoms with Crippen LogP contribution in [0.5, 0.6) is 0 Å². The molecule has 7 nitrogen and oxygen atoms in total. The number of H-pyrrole nitrogens is 1. The molecule has 1 saturated heterocycles. The third kappa shape index (κ3) is 3.79. The van der Waals surface area contributed by atoms with E-state index in [0.717, 1.165) is 38.8 Å². The average Bonchev–Trinajstić information content (AvgIpc) is 2.94. The number of rotatable bonds is 5. The van der Waals surface area contributed by atoms with Crippen LogP contribution >= 0.6 is 0 Å². The van der Waals surface area contributed by atoms with Crippen LogP contribution < -0.4 is 5.32 Å². The number of nitrogens with one attached hydrogen (secondary N) is 2. The highest BCUT2D eigenvalue weighted by molar-refractivity contribution is 5.93. The smallest absolute Gasteiger partial charge is 0.291 e. The van der Waals surface area contributed by atoms with Gasteiger partial charge in [-0.15, -0.1) is 5.10 Å². The molecule has 1 aromatic heterocycles. The van der Waals surface area contributed by atoms with E-state index in [4.69, 9.17) is 0 Å². The van der Waals surface area contributed by atoms with E-state index in [2.05, 4.69) is 20.5 Å². The van der Waals surface area contributed by atoms with E-state index in [1.54, 1.807) is 4.90 Å². The Morgan fingerprint density at radius 3 is 2.75 bits per heavy atom. The topological polar surface area (TPSA) is 91.0 Å². The van der Waals surface area contributed by atoms with E-state index in [1.807, 2.05) is 6.92 Å². The van der Waals surface area contributed by atoms with Crippen LogP contribution in [-0.2, 0) is 11.2 Å². The second-order valence-electron chi connectivity index (χ2n) is 4.98. The molecule has 0 saturated carbocycles. The van der Waals surface area contributed by atoms with Crippen LogP contribution in [0.3, 0.4) is 0 Å². The van der Waals surface area contributed by atoms with E-state index in [0.29, 0.717) is 5.82 Å². The quantitative estimate of drug-likeness (QED) is 0.821. The molecule has 1 fully saturated rings. The molecule has 0 spiro atoms. The van der Waals surface area contributed by atoms with Crippen LogP contribution in [0.25, 0.3) is 0 Å². The molecule has 0 bridgehead atoms. The molecule has 0 radical (unpaired) electrons. The molecule has 2 N–H and O–H groups in total. The normalized spacial score (nSPS) is 15.2. The number of nitrogens with zero attached hydrogens (tertiary/aromatic N) is 3. The van der Waals surface area contributed by atoms with Gasteiger partial charge >= 0.3 is 0 Å². The molecule has 0 unspecified atom stereocenters. The van der Waals surface area contributed by atoms with Gasteiger partial charge in [0.2, 0.25) is 11.7 Å². The summed E-state index contributed by atoms with van der Waals surface area (Å²) in [5, 5.41) is 9.15. The van der Waals surface area contributed by atoms with Gasteiger partial charge in [0.05, 0.1) is 6.54 Å². The van der Waals surface area contributed by atoms with Crippen LogP contribution in [-0.4, -0.2) is 51.5 Å². The summed E-state index contributed by atoms with van der Waals surface area (Å²) in [5.74, 6) is 0.344. The lowest BCUT2D eigenvalue weighted by molar-refractivity contribution is -0.130. The van der Waals surface area contributed by atoms with Gasteiger partial charge in [-0.2, -0.15) is 0 Å². The van der Waals surface area contributed by atoms with E-state index in [9.17, 15) is 9.59 Å². The molecule has 0 aliphatic carbocycles. The lowest BCUT2D eigenvalue weighted by Crippen LogP contribution is -2.42. The summed E-state index contributed by atoms with van der Waals surface area (Å²) in [7, 11) is 0. The fourth-order valence-electron chi connectivity index (χ4n) is 2.24. The van der Waals surface area contributed by atoms with Crippen molar-refractivity contribution in [3.05, 3.63) is 11.6 Å². The molecular weight excluding hydrogens is 258 g/mol. The second kappa shape index (κ2) is 7.02. The zero-order valence-corrected chi connectivity index (χ0v) is 11.8. The summed E-state index contributed by atoms with van der Waals surface area (Å²) < 4.78 is 0. The minimum Gasteiger partial charge on any atom is -0.341 e. The van der Waals surface area contributed by atoms with Crippen molar-refractivity contribution in [3.63, 3.8) is 0 Å². The Labute approximate surface area is 118 Å². The number of hydrogen-bond donors (Lipinski definition) is 2. The van der Waals surface area contributed by atoms with E-state index >= 15 is 0 Å². The zero-order valence-electron chi connectivity index (χ0n) is 11.8. The number of carbonyl (C=O) groups excluding carboxylic acids is 2. The fourth-order valence-corrected chi connectivity index (χ4v) is 2.24. The van der Waals surface area contributed by atoms with Gasteiger partial charge in [-0.05, 0) is 25.7 Å². The summed E-state index contributed by atoms with van der Waals surface area (Å²) in [6.07, 6.45) is 4.95. The van der Waals surface area contributed by atoms with Crippen LogP contribution in [0.15, 0.2) is 0 Å². The van der Waals surface area contributed by atoms with Crippen LogP contribution in [0.2, 0.25) is 0 Å². The molecule has 2 amide bonds.